The molecular formula is C17H12ClNO4. The number of carbonyl (C=O) groups is 2. The van der Waals surface area contributed by atoms with Crippen molar-refractivity contribution in [2.75, 3.05) is 12.4 Å². The van der Waals surface area contributed by atoms with Crippen LogP contribution in [-0.2, 0) is 4.79 Å². The van der Waals surface area contributed by atoms with Crippen LogP contribution in [-0.4, -0.2) is 24.1 Å². The molecule has 0 saturated carbocycles. The average molecular weight is 330 g/mol. The Bertz CT molecular complexity index is 858. The monoisotopic (exact) mass is 329 g/mol. The SMILES string of the molecule is COc1ccc(/C=C2/C(=O)Nc3ccc(C(=O)O)cc32)cc1Cl. The zero-order valence-electron chi connectivity index (χ0n) is 12.1. The molecule has 5 nitrogen and oxygen atoms in total. The number of hydrogen-bond donors (Lipinski definition) is 2. The Morgan fingerprint density at radius 1 is 1.26 bits per heavy atom. The lowest BCUT2D eigenvalue weighted by molar-refractivity contribution is -0.110. The third-order valence-electron chi connectivity index (χ3n) is 3.54. The van der Waals surface area contributed by atoms with Crippen molar-refractivity contribution in [1.82, 2.24) is 0 Å². The fraction of sp³-hybridized carbons (Fsp3) is 0.0588. The Morgan fingerprint density at radius 2 is 2.04 bits per heavy atom. The maximum Gasteiger partial charge on any atom is 0.335 e. The van der Waals surface area contributed by atoms with E-state index in [2.05, 4.69) is 5.32 Å². The van der Waals surface area contributed by atoms with E-state index in [1.807, 2.05) is 0 Å². The number of hydrogen-bond acceptors (Lipinski definition) is 3. The molecule has 1 aliphatic rings. The van der Waals surface area contributed by atoms with Crippen LogP contribution in [0.5, 0.6) is 5.75 Å². The van der Waals surface area contributed by atoms with Gasteiger partial charge in [-0.1, -0.05) is 17.7 Å². The number of amides is 1. The molecule has 2 aromatic carbocycles. The minimum atomic E-state index is -1.04. The number of methoxy groups -OCH3 is 1. The number of carbonyl (C=O) groups excluding carboxylic acids is 1. The molecule has 0 aliphatic carbocycles. The lowest BCUT2D eigenvalue weighted by Gasteiger charge is -2.04. The molecule has 3 rings (SSSR count). The minimum absolute atomic E-state index is 0.124. The number of aromatic carboxylic acids is 1. The normalized spacial score (nSPS) is 14.5. The topological polar surface area (TPSA) is 75.6 Å². The Balaban J connectivity index is 2.07. The van der Waals surface area contributed by atoms with E-state index in [0.29, 0.717) is 27.6 Å². The van der Waals surface area contributed by atoms with Crippen LogP contribution in [0.15, 0.2) is 36.4 Å². The van der Waals surface area contributed by atoms with Crippen LogP contribution in [0.2, 0.25) is 5.02 Å². The summed E-state index contributed by atoms with van der Waals surface area (Å²) in [5.41, 5.74) is 2.38. The second-order valence-corrected chi connectivity index (χ2v) is 5.38. The molecule has 0 radical (unpaired) electrons. The number of anilines is 1. The van der Waals surface area contributed by atoms with Crippen molar-refractivity contribution in [2.24, 2.45) is 0 Å². The molecule has 0 saturated heterocycles. The van der Waals surface area contributed by atoms with E-state index < -0.39 is 5.97 Å². The van der Waals surface area contributed by atoms with Crippen molar-refractivity contribution in [3.63, 3.8) is 0 Å². The molecule has 2 N–H and O–H groups in total. The summed E-state index contributed by atoms with van der Waals surface area (Å²) in [5.74, 6) is -0.785. The summed E-state index contributed by atoms with van der Waals surface area (Å²) in [6.45, 7) is 0. The average Bonchev–Trinajstić information content (AvgIpc) is 2.83. The van der Waals surface area contributed by atoms with Gasteiger partial charge >= 0.3 is 5.97 Å². The Kier molecular flexibility index (Phi) is 3.80. The summed E-state index contributed by atoms with van der Waals surface area (Å²) in [5, 5.41) is 12.2. The van der Waals surface area contributed by atoms with Crippen molar-refractivity contribution < 1.29 is 19.4 Å². The largest absolute Gasteiger partial charge is 0.495 e. The standard InChI is InChI=1S/C17H12ClNO4/c1-23-15-5-2-9(7-13(15)18)6-12-11-8-10(17(21)22)3-4-14(11)19-16(12)20/h2-8H,1H3,(H,19,20)(H,21,22)/b12-6+. The zero-order valence-corrected chi connectivity index (χ0v) is 12.8. The van der Waals surface area contributed by atoms with Crippen LogP contribution in [0.4, 0.5) is 5.69 Å². The predicted molar refractivity (Wildman–Crippen MR) is 87.9 cm³/mol. The first-order valence-electron chi connectivity index (χ1n) is 6.74. The molecule has 1 aliphatic heterocycles. The van der Waals surface area contributed by atoms with Crippen molar-refractivity contribution in [1.29, 1.82) is 0 Å². The molecule has 0 spiro atoms. The number of nitrogens with one attached hydrogen (secondary N) is 1. The number of carboxylic acids is 1. The van der Waals surface area contributed by atoms with Gasteiger partial charge < -0.3 is 15.2 Å². The number of halogens is 1. The molecule has 0 aromatic heterocycles. The van der Waals surface area contributed by atoms with Crippen molar-refractivity contribution in [2.45, 2.75) is 0 Å². The third-order valence-corrected chi connectivity index (χ3v) is 3.83. The molecule has 23 heavy (non-hydrogen) atoms. The van der Waals surface area contributed by atoms with Crippen molar-refractivity contribution in [3.8, 4) is 5.75 Å². The van der Waals surface area contributed by atoms with E-state index in [4.69, 9.17) is 21.4 Å². The molecule has 116 valence electrons. The Morgan fingerprint density at radius 3 is 2.70 bits per heavy atom. The van der Waals surface area contributed by atoms with E-state index in [1.54, 1.807) is 30.3 Å². The quantitative estimate of drug-likeness (QED) is 0.844. The summed E-state index contributed by atoms with van der Waals surface area (Å²) in [7, 11) is 1.52. The van der Waals surface area contributed by atoms with Gasteiger partial charge in [0.1, 0.15) is 5.75 Å². The van der Waals surface area contributed by atoms with Gasteiger partial charge in [0, 0.05) is 16.8 Å². The highest BCUT2D eigenvalue weighted by Crippen LogP contribution is 2.35. The molecule has 0 unspecified atom stereocenters. The molecule has 0 atom stereocenters. The molecule has 0 fully saturated rings. The third kappa shape index (κ3) is 2.78. The fourth-order valence-corrected chi connectivity index (χ4v) is 2.67. The lowest BCUT2D eigenvalue weighted by atomic mass is 10.0. The zero-order chi connectivity index (χ0) is 16.6. The van der Waals surface area contributed by atoms with Crippen molar-refractivity contribution >= 4 is 40.8 Å². The summed E-state index contributed by atoms with van der Waals surface area (Å²) < 4.78 is 5.09. The first-order valence-corrected chi connectivity index (χ1v) is 7.11. The van der Waals surface area contributed by atoms with E-state index >= 15 is 0 Å². The summed E-state index contributed by atoms with van der Waals surface area (Å²) in [4.78, 5) is 23.2. The van der Waals surface area contributed by atoms with Gasteiger partial charge in [-0.25, -0.2) is 4.79 Å². The minimum Gasteiger partial charge on any atom is -0.495 e. The van der Waals surface area contributed by atoms with Gasteiger partial charge in [0.15, 0.2) is 0 Å². The Hall–Kier alpha value is -2.79. The summed E-state index contributed by atoms with van der Waals surface area (Å²) in [6, 6.07) is 9.67. The van der Waals surface area contributed by atoms with Gasteiger partial charge in [0.25, 0.3) is 5.91 Å². The van der Waals surface area contributed by atoms with Gasteiger partial charge in [-0.3, -0.25) is 4.79 Å². The number of carboxylic acid groups (broad SMARTS) is 1. The van der Waals surface area contributed by atoms with E-state index in [1.165, 1.54) is 19.2 Å². The smallest absolute Gasteiger partial charge is 0.335 e. The van der Waals surface area contributed by atoms with Crippen molar-refractivity contribution in [3.05, 3.63) is 58.1 Å². The van der Waals surface area contributed by atoms with Crippen LogP contribution < -0.4 is 10.1 Å². The molecule has 2 aromatic rings. The van der Waals surface area contributed by atoms with E-state index in [9.17, 15) is 9.59 Å². The molecule has 1 heterocycles. The summed E-state index contributed by atoms with van der Waals surface area (Å²) in [6.07, 6.45) is 1.66. The van der Waals surface area contributed by atoms with E-state index in [0.717, 1.165) is 5.56 Å². The van der Waals surface area contributed by atoms with Crippen LogP contribution in [0.1, 0.15) is 21.5 Å². The predicted octanol–water partition coefficient (Wildman–Crippen LogP) is 3.54. The molecular weight excluding hydrogens is 318 g/mol. The van der Waals surface area contributed by atoms with Crippen LogP contribution >= 0.6 is 11.6 Å². The number of fused-ring (bicyclic) bond motifs is 1. The highest BCUT2D eigenvalue weighted by molar-refractivity contribution is 6.35. The second-order valence-electron chi connectivity index (χ2n) is 4.97. The van der Waals surface area contributed by atoms with E-state index in [-0.39, 0.29) is 11.5 Å². The highest BCUT2D eigenvalue weighted by atomic mass is 35.5. The first kappa shape index (κ1) is 15.1. The Labute approximate surface area is 137 Å². The number of ether oxygens (including phenoxy) is 1. The van der Waals surface area contributed by atoms with Crippen LogP contribution in [0.25, 0.3) is 11.6 Å². The highest BCUT2D eigenvalue weighted by Gasteiger charge is 2.25. The van der Waals surface area contributed by atoms with Gasteiger partial charge in [-0.2, -0.15) is 0 Å². The fourth-order valence-electron chi connectivity index (χ4n) is 2.40. The molecule has 1 amide bonds. The number of rotatable bonds is 3. The van der Waals surface area contributed by atoms with Gasteiger partial charge in [0.2, 0.25) is 0 Å². The maximum absolute atomic E-state index is 12.1. The second kappa shape index (κ2) is 5.78. The van der Waals surface area contributed by atoms with Crippen LogP contribution in [0.3, 0.4) is 0 Å². The maximum atomic E-state index is 12.1. The summed E-state index contributed by atoms with van der Waals surface area (Å²) >= 11 is 6.09. The lowest BCUT2D eigenvalue weighted by Crippen LogP contribution is -2.03. The van der Waals surface area contributed by atoms with Gasteiger partial charge in [-0.15, -0.1) is 0 Å². The first-order chi connectivity index (χ1) is 11.0. The van der Waals surface area contributed by atoms with Gasteiger partial charge in [0.05, 0.1) is 17.7 Å². The van der Waals surface area contributed by atoms with Gasteiger partial charge in [-0.05, 0) is 42.0 Å². The molecule has 6 heteroatoms. The molecule has 0 bridgehead atoms. The van der Waals surface area contributed by atoms with Crippen LogP contribution in [0, 0.1) is 0 Å². The number of benzene rings is 2.